The number of thiophene rings is 1. The number of hydrogen-bond acceptors (Lipinski definition) is 6. The number of rotatable bonds is 7. The van der Waals surface area contributed by atoms with Crippen LogP contribution in [0.5, 0.6) is 0 Å². The predicted molar refractivity (Wildman–Crippen MR) is 102 cm³/mol. The Hall–Kier alpha value is -1.90. The molecule has 0 bridgehead atoms. The Morgan fingerprint density at radius 1 is 1.35 bits per heavy atom. The zero-order valence-corrected chi connectivity index (χ0v) is 15.9. The van der Waals surface area contributed by atoms with E-state index in [1.54, 1.807) is 12.3 Å². The molecule has 1 unspecified atom stereocenters. The number of hydrogen-bond donors (Lipinski definition) is 2. The Labute approximate surface area is 160 Å². The van der Waals surface area contributed by atoms with Gasteiger partial charge in [-0.05, 0) is 37.1 Å². The second-order valence-electron chi connectivity index (χ2n) is 5.88. The largest absolute Gasteiger partial charge is 0.395 e. The molecule has 1 fully saturated rings. The number of carbonyl (C=O) groups is 2. The number of aliphatic hydroxyl groups is 1. The van der Waals surface area contributed by atoms with Gasteiger partial charge in [0.05, 0.1) is 28.3 Å². The van der Waals surface area contributed by atoms with E-state index in [-0.39, 0.29) is 31.0 Å². The fourth-order valence-electron chi connectivity index (χ4n) is 2.92. The lowest BCUT2D eigenvalue weighted by atomic mass is 10.2. The molecule has 26 heavy (non-hydrogen) atoms. The molecule has 2 amide bonds. The third-order valence-electron chi connectivity index (χ3n) is 4.13. The minimum absolute atomic E-state index is 0.0382. The molecule has 138 valence electrons. The monoisotopic (exact) mass is 391 g/mol. The molecule has 3 rings (SSSR count). The van der Waals surface area contributed by atoms with Gasteiger partial charge in [-0.2, -0.15) is 0 Å². The highest BCUT2D eigenvalue weighted by Gasteiger charge is 2.31. The first-order valence-electron chi connectivity index (χ1n) is 8.51. The third kappa shape index (κ3) is 4.63. The zero-order valence-electron chi connectivity index (χ0n) is 14.3. The summed E-state index contributed by atoms with van der Waals surface area (Å²) in [5.74, 6) is 0.280. The van der Waals surface area contributed by atoms with Gasteiger partial charge in [0.25, 0.3) is 5.91 Å². The molecular weight excluding hydrogens is 370 g/mol. The number of likely N-dealkylation sites (tertiary alicyclic amines) is 1. The fourth-order valence-corrected chi connectivity index (χ4v) is 4.74. The van der Waals surface area contributed by atoms with E-state index in [9.17, 15) is 9.59 Å². The quantitative estimate of drug-likeness (QED) is 0.708. The van der Waals surface area contributed by atoms with Crippen LogP contribution in [0.3, 0.4) is 0 Å². The number of aromatic nitrogens is 1. The topological polar surface area (TPSA) is 82.5 Å². The first kappa shape index (κ1) is 18.9. The van der Waals surface area contributed by atoms with Crippen LogP contribution in [-0.4, -0.2) is 52.3 Å². The minimum atomic E-state index is -0.183. The van der Waals surface area contributed by atoms with Gasteiger partial charge in [-0.3, -0.25) is 9.59 Å². The summed E-state index contributed by atoms with van der Waals surface area (Å²) < 4.78 is 0. The maximum atomic E-state index is 12.7. The maximum Gasteiger partial charge on any atom is 0.261 e. The maximum absolute atomic E-state index is 12.7. The van der Waals surface area contributed by atoms with Gasteiger partial charge in [0.1, 0.15) is 0 Å². The van der Waals surface area contributed by atoms with Crippen molar-refractivity contribution in [1.29, 1.82) is 0 Å². The van der Waals surface area contributed by atoms with E-state index in [1.165, 1.54) is 23.1 Å². The van der Waals surface area contributed by atoms with Crippen LogP contribution in [0, 0.1) is 0 Å². The Morgan fingerprint density at radius 3 is 3.00 bits per heavy atom. The average molecular weight is 392 g/mol. The molecule has 6 nitrogen and oxygen atoms in total. The molecule has 2 N–H and O–H groups in total. The van der Waals surface area contributed by atoms with Gasteiger partial charge in [0.2, 0.25) is 5.91 Å². The number of nitrogens with one attached hydrogen (secondary N) is 1. The minimum Gasteiger partial charge on any atom is -0.395 e. The molecule has 1 atom stereocenters. The van der Waals surface area contributed by atoms with Crippen molar-refractivity contribution in [3.05, 3.63) is 46.3 Å². The van der Waals surface area contributed by atoms with Crippen LogP contribution in [0.1, 0.15) is 33.4 Å². The van der Waals surface area contributed by atoms with Gasteiger partial charge < -0.3 is 15.3 Å². The molecule has 0 spiro atoms. The number of thioether (sulfide) groups is 1. The summed E-state index contributed by atoms with van der Waals surface area (Å²) in [6.45, 7) is 0.907. The smallest absolute Gasteiger partial charge is 0.261 e. The number of nitrogens with zero attached hydrogens (tertiary/aromatic N) is 2. The summed E-state index contributed by atoms with van der Waals surface area (Å²) in [4.78, 5) is 32.5. The molecule has 1 aliphatic heterocycles. The van der Waals surface area contributed by atoms with E-state index in [0.29, 0.717) is 10.6 Å². The van der Waals surface area contributed by atoms with E-state index >= 15 is 0 Å². The Balaban J connectivity index is 1.61. The van der Waals surface area contributed by atoms with Crippen LogP contribution >= 0.6 is 23.1 Å². The highest BCUT2D eigenvalue weighted by Crippen LogP contribution is 2.36. The normalized spacial score (nSPS) is 16.7. The lowest BCUT2D eigenvalue weighted by molar-refractivity contribution is -0.129. The van der Waals surface area contributed by atoms with Gasteiger partial charge in [0, 0.05) is 24.2 Å². The van der Waals surface area contributed by atoms with Gasteiger partial charge in [-0.25, -0.2) is 4.98 Å². The van der Waals surface area contributed by atoms with E-state index in [2.05, 4.69) is 10.3 Å². The van der Waals surface area contributed by atoms with E-state index in [4.69, 9.17) is 5.11 Å². The molecule has 0 saturated carbocycles. The van der Waals surface area contributed by atoms with Crippen molar-refractivity contribution >= 4 is 34.9 Å². The number of carbonyl (C=O) groups excluding carboxylic acids is 2. The summed E-state index contributed by atoms with van der Waals surface area (Å²) in [6, 6.07) is 9.42. The summed E-state index contributed by atoms with van der Waals surface area (Å²) in [7, 11) is 0. The molecular formula is C18H21N3O3S2. The molecule has 0 aromatic carbocycles. The average Bonchev–Trinajstić information content (AvgIpc) is 3.34. The van der Waals surface area contributed by atoms with Gasteiger partial charge in [-0.1, -0.05) is 17.8 Å². The molecule has 2 aromatic rings. The molecule has 2 aromatic heterocycles. The van der Waals surface area contributed by atoms with Gasteiger partial charge >= 0.3 is 0 Å². The van der Waals surface area contributed by atoms with Gasteiger partial charge in [0.15, 0.2) is 0 Å². The summed E-state index contributed by atoms with van der Waals surface area (Å²) in [5.41, 5.74) is 0. The van der Waals surface area contributed by atoms with Crippen molar-refractivity contribution in [2.45, 2.75) is 23.9 Å². The summed E-state index contributed by atoms with van der Waals surface area (Å²) in [5, 5.41) is 12.3. The predicted octanol–water partition coefficient (Wildman–Crippen LogP) is 2.32. The Morgan fingerprint density at radius 2 is 2.23 bits per heavy atom. The van der Waals surface area contributed by atoms with Crippen molar-refractivity contribution in [2.24, 2.45) is 0 Å². The van der Waals surface area contributed by atoms with Crippen LogP contribution in [0.15, 0.2) is 41.6 Å². The van der Waals surface area contributed by atoms with Crippen molar-refractivity contribution < 1.29 is 14.7 Å². The van der Waals surface area contributed by atoms with Crippen molar-refractivity contribution in [2.75, 3.05) is 25.4 Å². The van der Waals surface area contributed by atoms with Crippen molar-refractivity contribution in [3.63, 3.8) is 0 Å². The molecule has 3 heterocycles. The van der Waals surface area contributed by atoms with Crippen molar-refractivity contribution in [1.82, 2.24) is 15.2 Å². The number of pyridine rings is 1. The van der Waals surface area contributed by atoms with Crippen LogP contribution < -0.4 is 5.32 Å². The second kappa shape index (κ2) is 9.16. The Kier molecular flexibility index (Phi) is 6.65. The van der Waals surface area contributed by atoms with Crippen LogP contribution in [0.25, 0.3) is 0 Å². The Bertz CT molecular complexity index is 751. The third-order valence-corrected chi connectivity index (χ3v) is 6.24. The van der Waals surface area contributed by atoms with E-state index < -0.39 is 0 Å². The van der Waals surface area contributed by atoms with Crippen LogP contribution in [0.4, 0.5) is 0 Å². The first-order chi connectivity index (χ1) is 12.7. The summed E-state index contributed by atoms with van der Waals surface area (Å²) in [6.07, 6.45) is 3.60. The van der Waals surface area contributed by atoms with Gasteiger partial charge in [-0.15, -0.1) is 11.3 Å². The highest BCUT2D eigenvalue weighted by atomic mass is 32.2. The highest BCUT2D eigenvalue weighted by molar-refractivity contribution is 7.99. The zero-order chi connectivity index (χ0) is 18.4. The summed E-state index contributed by atoms with van der Waals surface area (Å²) >= 11 is 2.86. The lowest BCUT2D eigenvalue weighted by Crippen LogP contribution is -2.31. The first-order valence-corrected chi connectivity index (χ1v) is 10.3. The molecule has 1 saturated heterocycles. The van der Waals surface area contributed by atoms with Crippen molar-refractivity contribution in [3.8, 4) is 0 Å². The fraction of sp³-hybridized carbons (Fsp3) is 0.389. The van der Waals surface area contributed by atoms with Crippen LogP contribution in [0.2, 0.25) is 0 Å². The van der Waals surface area contributed by atoms with E-state index in [0.717, 1.165) is 29.3 Å². The lowest BCUT2D eigenvalue weighted by Gasteiger charge is -2.23. The molecule has 1 aliphatic rings. The molecule has 8 heteroatoms. The molecule has 0 aliphatic carbocycles. The standard InChI is InChI=1S/C18H21N3O3S2/c22-11-9-20-18(24)15-7-6-14(26-15)13-4-3-10-21(13)17(23)12-25-16-5-1-2-8-19-16/h1-2,5-8,13,22H,3-4,9-12H2,(H,20,24). The van der Waals surface area contributed by atoms with Crippen LogP contribution in [-0.2, 0) is 4.79 Å². The second-order valence-corrected chi connectivity index (χ2v) is 7.99. The molecule has 0 radical (unpaired) electrons. The van der Waals surface area contributed by atoms with E-state index in [1.807, 2.05) is 29.2 Å². The number of aliphatic hydroxyl groups excluding tert-OH is 1. The SMILES string of the molecule is O=C(NCCO)c1ccc(C2CCCN2C(=O)CSc2ccccn2)s1. The number of amides is 2.